The van der Waals surface area contributed by atoms with Gasteiger partial charge >= 0.3 is 0 Å². The van der Waals surface area contributed by atoms with E-state index in [2.05, 4.69) is 12.1 Å². The molecule has 29 heavy (non-hydrogen) atoms. The lowest BCUT2D eigenvalue weighted by Gasteiger charge is -2.34. The maximum atomic E-state index is 12.6. The molecule has 2 N–H and O–H groups in total. The number of carbonyl (C=O) groups excluding carboxylic acids is 2. The van der Waals surface area contributed by atoms with Crippen LogP contribution in [0.1, 0.15) is 29.3 Å². The Morgan fingerprint density at radius 3 is 2.24 bits per heavy atom. The average molecular weight is 397 g/mol. The first-order valence-corrected chi connectivity index (χ1v) is 10.3. The summed E-state index contributed by atoms with van der Waals surface area (Å²) in [6.07, 6.45) is -0.0420. The van der Waals surface area contributed by atoms with Gasteiger partial charge in [0.1, 0.15) is 44.5 Å². The van der Waals surface area contributed by atoms with Crippen LogP contribution in [-0.4, -0.2) is 50.6 Å². The van der Waals surface area contributed by atoms with Crippen molar-refractivity contribution in [1.29, 1.82) is 0 Å². The van der Waals surface area contributed by atoms with Crippen LogP contribution in [-0.2, 0) is 11.3 Å². The van der Waals surface area contributed by atoms with Crippen molar-refractivity contribution in [1.82, 2.24) is 0 Å². The molecule has 0 spiro atoms. The molecule has 0 saturated carbocycles. The molecular weight excluding hydrogens is 368 g/mol. The molecule has 1 fully saturated rings. The topological polar surface area (TPSA) is 75.3 Å². The van der Waals surface area contributed by atoms with Crippen LogP contribution in [0.15, 0.2) is 54.6 Å². The zero-order valence-corrected chi connectivity index (χ0v) is 16.9. The van der Waals surface area contributed by atoms with Gasteiger partial charge in [0.05, 0.1) is 19.0 Å². The van der Waals surface area contributed by atoms with Crippen LogP contribution < -0.4 is 19.6 Å². The van der Waals surface area contributed by atoms with Crippen molar-refractivity contribution in [3.8, 4) is 5.75 Å². The lowest BCUT2D eigenvalue weighted by atomic mass is 10.0. The summed E-state index contributed by atoms with van der Waals surface area (Å²) in [7, 11) is 0. The molecule has 0 unspecified atom stereocenters. The Hall–Kier alpha value is -2.70. The highest BCUT2D eigenvalue weighted by Gasteiger charge is 2.32. The third kappa shape index (κ3) is 5.89. The summed E-state index contributed by atoms with van der Waals surface area (Å²) in [5.41, 5.74) is 1.79. The summed E-state index contributed by atoms with van der Waals surface area (Å²) in [6.45, 7) is 6.59. The van der Waals surface area contributed by atoms with Crippen LogP contribution in [0.3, 0.4) is 0 Å². The normalized spacial score (nSPS) is 20.0. The summed E-state index contributed by atoms with van der Waals surface area (Å²) in [6, 6.07) is 16.4. The maximum absolute atomic E-state index is 12.6. The Kier molecular flexibility index (Phi) is 7.38. The van der Waals surface area contributed by atoms with Crippen LogP contribution >= 0.6 is 0 Å². The van der Waals surface area contributed by atoms with Gasteiger partial charge in [-0.25, -0.2) is 0 Å². The predicted molar refractivity (Wildman–Crippen MR) is 107 cm³/mol. The lowest BCUT2D eigenvalue weighted by molar-refractivity contribution is -1.03. The Morgan fingerprint density at radius 1 is 1.00 bits per heavy atom. The number of carboxylic acid groups (broad SMARTS) is 1. The summed E-state index contributed by atoms with van der Waals surface area (Å²) < 4.78 is 5.39. The number of ketones is 1. The van der Waals surface area contributed by atoms with Crippen molar-refractivity contribution in [2.45, 2.75) is 25.9 Å². The molecule has 0 radical (unpaired) electrons. The molecule has 2 aromatic rings. The molecule has 6 heteroatoms. The van der Waals surface area contributed by atoms with Gasteiger partial charge < -0.3 is 24.4 Å². The summed E-state index contributed by atoms with van der Waals surface area (Å²) >= 11 is 0. The number of carbonyl (C=O) groups is 2. The highest BCUT2D eigenvalue weighted by atomic mass is 16.5. The number of hydrogen-bond acceptors (Lipinski definition) is 4. The number of quaternary nitrogens is 2. The van der Waals surface area contributed by atoms with E-state index in [4.69, 9.17) is 4.74 Å². The number of carboxylic acids is 1. The molecule has 0 aromatic heterocycles. The third-order valence-electron chi connectivity index (χ3n) is 5.55. The highest BCUT2D eigenvalue weighted by molar-refractivity contribution is 5.98. The molecule has 1 aliphatic heterocycles. The fraction of sp³-hybridized carbons (Fsp3) is 0.391. The van der Waals surface area contributed by atoms with Crippen molar-refractivity contribution in [3.05, 3.63) is 65.7 Å². The molecule has 6 nitrogen and oxygen atoms in total. The molecule has 3 rings (SSSR count). The second kappa shape index (κ2) is 10.2. The largest absolute Gasteiger partial charge is 0.544 e. The second-order valence-electron chi connectivity index (χ2n) is 7.53. The van der Waals surface area contributed by atoms with E-state index in [1.807, 2.05) is 25.1 Å². The average Bonchev–Trinajstić information content (AvgIpc) is 2.74. The number of piperazine rings is 1. The molecule has 0 bridgehead atoms. The summed E-state index contributed by atoms with van der Waals surface area (Å²) in [4.78, 5) is 26.8. The number of ether oxygens (including phenoxy) is 1. The van der Waals surface area contributed by atoms with E-state index >= 15 is 0 Å². The molecule has 2 aromatic carbocycles. The van der Waals surface area contributed by atoms with Crippen LogP contribution in [0.25, 0.3) is 0 Å². The van der Waals surface area contributed by atoms with Crippen LogP contribution in [0, 0.1) is 0 Å². The lowest BCUT2D eigenvalue weighted by Crippen LogP contribution is -3.29. The molecular formula is C23H29N2O4+. The Labute approximate surface area is 171 Å². The van der Waals surface area contributed by atoms with Crippen molar-refractivity contribution < 1.29 is 29.2 Å². The smallest absolute Gasteiger partial charge is 0.169 e. The monoisotopic (exact) mass is 397 g/mol. The number of Topliss-reactive ketones (excluding diaryl/α,β-unsaturated/α-hetero) is 1. The third-order valence-corrected chi connectivity index (χ3v) is 5.55. The number of nitrogens with one attached hydrogen (secondary N) is 2. The van der Waals surface area contributed by atoms with Gasteiger partial charge in [-0.05, 0) is 31.2 Å². The SMILES string of the molecule is CCOc1ccc(C(=O)C[C@H](C(=O)[O-])[NH+]2CC[NH+](Cc3ccccc3)CC2)cc1. The quantitative estimate of drug-likeness (QED) is 0.519. The van der Waals surface area contributed by atoms with Gasteiger partial charge in [0.2, 0.25) is 0 Å². The zero-order valence-electron chi connectivity index (χ0n) is 16.9. The van der Waals surface area contributed by atoms with E-state index in [-0.39, 0.29) is 12.2 Å². The Morgan fingerprint density at radius 2 is 1.66 bits per heavy atom. The van der Waals surface area contributed by atoms with Crippen LogP contribution in [0.2, 0.25) is 0 Å². The number of benzene rings is 2. The van der Waals surface area contributed by atoms with Gasteiger partial charge in [0.25, 0.3) is 0 Å². The highest BCUT2D eigenvalue weighted by Crippen LogP contribution is 2.13. The van der Waals surface area contributed by atoms with E-state index in [1.165, 1.54) is 10.5 Å². The molecule has 154 valence electrons. The number of rotatable bonds is 9. The molecule has 0 amide bonds. The molecule has 1 atom stereocenters. The zero-order chi connectivity index (χ0) is 20.6. The van der Waals surface area contributed by atoms with E-state index in [0.29, 0.717) is 17.9 Å². The van der Waals surface area contributed by atoms with Crippen molar-refractivity contribution in [2.75, 3.05) is 32.8 Å². The van der Waals surface area contributed by atoms with E-state index in [0.717, 1.165) is 37.6 Å². The second-order valence-corrected chi connectivity index (χ2v) is 7.53. The van der Waals surface area contributed by atoms with Crippen molar-refractivity contribution in [2.24, 2.45) is 0 Å². The minimum Gasteiger partial charge on any atom is -0.544 e. The minimum atomic E-state index is -1.15. The molecule has 1 aliphatic rings. The molecule has 1 saturated heterocycles. The van der Waals surface area contributed by atoms with Gasteiger partial charge in [0.15, 0.2) is 5.78 Å². The maximum Gasteiger partial charge on any atom is 0.169 e. The van der Waals surface area contributed by atoms with E-state index in [1.54, 1.807) is 24.3 Å². The molecule has 0 aliphatic carbocycles. The van der Waals surface area contributed by atoms with Gasteiger partial charge in [0, 0.05) is 11.1 Å². The van der Waals surface area contributed by atoms with Crippen LogP contribution in [0.5, 0.6) is 5.75 Å². The standard InChI is InChI=1S/C23H28N2O4/c1-2-29-20-10-8-19(9-11-20)22(26)16-21(23(27)28)25-14-12-24(13-15-25)17-18-6-4-3-5-7-18/h3-11,21H,2,12-17H2,1H3,(H,27,28)/p+1/t21-/m1/s1. The summed E-state index contributed by atoms with van der Waals surface area (Å²) in [5, 5.41) is 11.8. The fourth-order valence-corrected chi connectivity index (χ4v) is 3.94. The number of aliphatic carboxylic acids is 1. The minimum absolute atomic E-state index is 0.0420. The first kappa shape index (κ1) is 21.0. The Balaban J connectivity index is 1.56. The first-order chi connectivity index (χ1) is 14.1. The van der Waals surface area contributed by atoms with Crippen molar-refractivity contribution in [3.63, 3.8) is 0 Å². The van der Waals surface area contributed by atoms with Gasteiger partial charge in [-0.15, -0.1) is 0 Å². The van der Waals surface area contributed by atoms with Gasteiger partial charge in [-0.1, -0.05) is 30.3 Å². The van der Waals surface area contributed by atoms with Crippen LogP contribution in [0.4, 0.5) is 0 Å². The number of hydrogen-bond donors (Lipinski definition) is 2. The molecule has 1 heterocycles. The fourth-order valence-electron chi connectivity index (χ4n) is 3.94. The van der Waals surface area contributed by atoms with Crippen molar-refractivity contribution >= 4 is 11.8 Å². The Bertz CT molecular complexity index is 799. The van der Waals surface area contributed by atoms with Gasteiger partial charge in [-0.2, -0.15) is 0 Å². The van der Waals surface area contributed by atoms with E-state index in [9.17, 15) is 14.7 Å². The van der Waals surface area contributed by atoms with E-state index < -0.39 is 12.0 Å². The summed E-state index contributed by atoms with van der Waals surface area (Å²) in [5.74, 6) is -0.622. The predicted octanol–water partition coefficient (Wildman–Crippen LogP) is -1.24. The first-order valence-electron chi connectivity index (χ1n) is 10.3. The van der Waals surface area contributed by atoms with Gasteiger partial charge in [-0.3, -0.25) is 4.79 Å².